The topological polar surface area (TPSA) is 46.6 Å². The molecule has 0 atom stereocenters. The molecule has 0 aromatic heterocycles. The van der Waals surface area contributed by atoms with E-state index in [0.717, 1.165) is 16.0 Å². The lowest BCUT2D eigenvalue weighted by atomic mass is 10.1. The molecule has 0 bridgehead atoms. The summed E-state index contributed by atoms with van der Waals surface area (Å²) in [6, 6.07) is 20.8. The van der Waals surface area contributed by atoms with Crippen molar-refractivity contribution in [3.8, 4) is 0 Å². The van der Waals surface area contributed by atoms with Crippen LogP contribution in [0.15, 0.2) is 82.6 Å². The van der Waals surface area contributed by atoms with E-state index in [1.807, 2.05) is 42.5 Å². The van der Waals surface area contributed by atoms with Crippen LogP contribution in [0.3, 0.4) is 0 Å². The van der Waals surface area contributed by atoms with Crippen LogP contribution >= 0.6 is 11.8 Å². The molecule has 3 aromatic carbocycles. The number of esters is 1. The predicted octanol–water partition coefficient (Wildman–Crippen LogP) is 5.29. The van der Waals surface area contributed by atoms with Gasteiger partial charge in [-0.3, -0.25) is 4.79 Å². The largest absolute Gasteiger partial charge is 0.465 e. The van der Waals surface area contributed by atoms with E-state index >= 15 is 0 Å². The van der Waals surface area contributed by atoms with E-state index in [1.54, 1.807) is 29.2 Å². The second kappa shape index (κ2) is 8.55. The second-order valence-corrected chi connectivity index (χ2v) is 7.80. The molecule has 1 aliphatic heterocycles. The van der Waals surface area contributed by atoms with Gasteiger partial charge in [0.25, 0.3) is 5.91 Å². The zero-order chi connectivity index (χ0) is 21.1. The minimum atomic E-state index is -0.470. The molecule has 1 heterocycles. The minimum Gasteiger partial charge on any atom is -0.465 e. The zero-order valence-corrected chi connectivity index (χ0v) is 17.0. The number of rotatable bonds is 4. The Bertz CT molecular complexity index is 1130. The summed E-state index contributed by atoms with van der Waals surface area (Å²) in [7, 11) is 1.32. The Morgan fingerprint density at radius 1 is 1.07 bits per heavy atom. The number of amides is 1. The summed E-state index contributed by atoms with van der Waals surface area (Å²) in [6.07, 6.45) is 1.85. The third kappa shape index (κ3) is 4.14. The van der Waals surface area contributed by atoms with Crippen LogP contribution < -0.4 is 4.90 Å². The molecule has 6 heteroatoms. The lowest BCUT2D eigenvalue weighted by Gasteiger charge is -2.31. The molecule has 30 heavy (non-hydrogen) atoms. The van der Waals surface area contributed by atoms with Gasteiger partial charge in [-0.25, -0.2) is 9.18 Å². The van der Waals surface area contributed by atoms with E-state index in [-0.39, 0.29) is 18.3 Å². The number of methoxy groups -OCH3 is 1. The van der Waals surface area contributed by atoms with Crippen molar-refractivity contribution < 1.29 is 18.7 Å². The van der Waals surface area contributed by atoms with Crippen LogP contribution in [0.25, 0.3) is 6.08 Å². The molecule has 150 valence electrons. The van der Waals surface area contributed by atoms with Crippen LogP contribution in [0.5, 0.6) is 0 Å². The monoisotopic (exact) mass is 419 g/mol. The van der Waals surface area contributed by atoms with E-state index in [9.17, 15) is 14.0 Å². The summed E-state index contributed by atoms with van der Waals surface area (Å²) in [4.78, 5) is 28.4. The molecular weight excluding hydrogens is 401 g/mol. The van der Waals surface area contributed by atoms with E-state index in [2.05, 4.69) is 0 Å². The van der Waals surface area contributed by atoms with Gasteiger partial charge in [0.15, 0.2) is 0 Å². The Balaban J connectivity index is 1.77. The molecule has 0 N–H and O–H groups in total. The lowest BCUT2D eigenvalue weighted by Crippen LogP contribution is -2.34. The van der Waals surface area contributed by atoms with Gasteiger partial charge in [0.05, 0.1) is 29.8 Å². The van der Waals surface area contributed by atoms with Crippen LogP contribution in [0.4, 0.5) is 10.1 Å². The first-order chi connectivity index (χ1) is 14.5. The van der Waals surface area contributed by atoms with E-state index in [0.29, 0.717) is 16.2 Å². The molecule has 3 aromatic rings. The number of fused-ring (bicyclic) bond motifs is 1. The first kappa shape index (κ1) is 19.9. The molecule has 0 saturated carbocycles. The molecule has 0 spiro atoms. The van der Waals surface area contributed by atoms with Gasteiger partial charge in [-0.05, 0) is 47.5 Å². The number of nitrogens with zero attached hydrogens (tertiary/aromatic N) is 1. The van der Waals surface area contributed by atoms with Gasteiger partial charge in [0.1, 0.15) is 5.82 Å². The Morgan fingerprint density at radius 3 is 2.50 bits per heavy atom. The number of carbonyl (C=O) groups is 2. The molecule has 4 nitrogen and oxygen atoms in total. The highest BCUT2D eigenvalue weighted by Gasteiger charge is 2.30. The molecular formula is C24H18FNO3S. The predicted molar refractivity (Wildman–Crippen MR) is 116 cm³/mol. The van der Waals surface area contributed by atoms with Gasteiger partial charge in [-0.2, -0.15) is 0 Å². The Kier molecular flexibility index (Phi) is 5.68. The second-order valence-electron chi connectivity index (χ2n) is 6.71. The van der Waals surface area contributed by atoms with Gasteiger partial charge < -0.3 is 9.64 Å². The van der Waals surface area contributed by atoms with Crippen molar-refractivity contribution >= 4 is 35.4 Å². The fourth-order valence-electron chi connectivity index (χ4n) is 3.19. The van der Waals surface area contributed by atoms with Crippen molar-refractivity contribution in [2.75, 3.05) is 12.0 Å². The molecule has 0 saturated heterocycles. The van der Waals surface area contributed by atoms with Crippen molar-refractivity contribution in [2.24, 2.45) is 0 Å². The summed E-state index contributed by atoms with van der Waals surface area (Å²) in [5.74, 6) is -0.984. The molecule has 1 aliphatic rings. The Hall–Kier alpha value is -3.38. The molecule has 0 aliphatic carbocycles. The smallest absolute Gasteiger partial charge is 0.337 e. The van der Waals surface area contributed by atoms with Crippen molar-refractivity contribution in [3.63, 3.8) is 0 Å². The van der Waals surface area contributed by atoms with Crippen LogP contribution in [0.2, 0.25) is 0 Å². The summed E-state index contributed by atoms with van der Waals surface area (Å²) in [6.45, 7) is 0.253. The summed E-state index contributed by atoms with van der Waals surface area (Å²) >= 11 is 1.36. The molecule has 0 fully saturated rings. The normalized spacial score (nSPS) is 14.5. The standard InChI is InChI=1S/C24H18FNO3S/c1-29-24(28)18-9-12-21-20(14-18)26(15-17-7-10-19(25)11-8-17)23(27)22(30-21)13-16-5-3-2-4-6-16/h2-14H,15H2,1H3/b22-13+. The highest BCUT2D eigenvalue weighted by atomic mass is 32.2. The third-order valence-electron chi connectivity index (χ3n) is 4.70. The number of halogens is 1. The number of anilines is 1. The maximum absolute atomic E-state index is 13.4. The molecule has 0 unspecified atom stereocenters. The highest BCUT2D eigenvalue weighted by molar-refractivity contribution is 8.04. The summed E-state index contributed by atoms with van der Waals surface area (Å²) in [5, 5.41) is 0. The summed E-state index contributed by atoms with van der Waals surface area (Å²) < 4.78 is 18.1. The van der Waals surface area contributed by atoms with Gasteiger partial charge in [-0.1, -0.05) is 54.2 Å². The van der Waals surface area contributed by atoms with Crippen molar-refractivity contribution in [3.05, 3.63) is 100 Å². The van der Waals surface area contributed by atoms with Gasteiger partial charge in [-0.15, -0.1) is 0 Å². The zero-order valence-electron chi connectivity index (χ0n) is 16.2. The van der Waals surface area contributed by atoms with Crippen molar-refractivity contribution in [1.29, 1.82) is 0 Å². The van der Waals surface area contributed by atoms with Crippen LogP contribution in [0.1, 0.15) is 21.5 Å². The molecule has 4 rings (SSSR count). The maximum Gasteiger partial charge on any atom is 0.337 e. The van der Waals surface area contributed by atoms with Crippen LogP contribution in [-0.4, -0.2) is 19.0 Å². The average Bonchev–Trinajstić information content (AvgIpc) is 2.78. The lowest BCUT2D eigenvalue weighted by molar-refractivity contribution is -0.114. The van der Waals surface area contributed by atoms with E-state index in [1.165, 1.54) is 31.0 Å². The van der Waals surface area contributed by atoms with Gasteiger partial charge in [0.2, 0.25) is 0 Å². The fourth-order valence-corrected chi connectivity index (χ4v) is 4.22. The fraction of sp³-hybridized carbons (Fsp3) is 0.0833. The van der Waals surface area contributed by atoms with E-state index < -0.39 is 5.97 Å². The number of hydrogen-bond acceptors (Lipinski definition) is 4. The van der Waals surface area contributed by atoms with Crippen LogP contribution in [0, 0.1) is 5.82 Å². The highest BCUT2D eigenvalue weighted by Crippen LogP contribution is 2.43. The van der Waals surface area contributed by atoms with Crippen molar-refractivity contribution in [1.82, 2.24) is 0 Å². The first-order valence-corrected chi connectivity index (χ1v) is 10.1. The SMILES string of the molecule is COC(=O)c1ccc2c(c1)N(Cc1ccc(F)cc1)C(=O)/C(=C\c1ccccc1)S2. The average molecular weight is 419 g/mol. The third-order valence-corrected chi connectivity index (χ3v) is 5.78. The number of benzene rings is 3. The van der Waals surface area contributed by atoms with Crippen molar-refractivity contribution in [2.45, 2.75) is 11.4 Å². The van der Waals surface area contributed by atoms with Crippen LogP contribution in [-0.2, 0) is 16.1 Å². The Morgan fingerprint density at radius 2 is 1.80 bits per heavy atom. The Labute approximate surface area is 178 Å². The van der Waals surface area contributed by atoms with Gasteiger partial charge >= 0.3 is 5.97 Å². The maximum atomic E-state index is 13.4. The number of thioether (sulfide) groups is 1. The molecule has 1 amide bonds. The summed E-state index contributed by atoms with van der Waals surface area (Å²) in [5.41, 5.74) is 2.70. The number of carbonyl (C=O) groups excluding carboxylic acids is 2. The molecule has 0 radical (unpaired) electrons. The number of ether oxygens (including phenoxy) is 1. The minimum absolute atomic E-state index is 0.178. The van der Waals surface area contributed by atoms with E-state index in [4.69, 9.17) is 4.74 Å². The van der Waals surface area contributed by atoms with Gasteiger partial charge in [0, 0.05) is 4.90 Å². The first-order valence-electron chi connectivity index (χ1n) is 9.28. The quantitative estimate of drug-likeness (QED) is 0.426. The number of hydrogen-bond donors (Lipinski definition) is 0.